The molecule has 4 rings (SSSR count). The fourth-order valence-electron chi connectivity index (χ4n) is 3.88. The molecule has 3 aromatic rings. The highest BCUT2D eigenvalue weighted by molar-refractivity contribution is 6.04. The number of para-hydroxylation sites is 3. The number of fused-ring (bicyclic) bond motifs is 2. The van der Waals surface area contributed by atoms with Crippen LogP contribution >= 0.6 is 0 Å². The van der Waals surface area contributed by atoms with E-state index in [1.165, 1.54) is 0 Å². The van der Waals surface area contributed by atoms with Crippen molar-refractivity contribution in [3.05, 3.63) is 64.7 Å². The average Bonchev–Trinajstić information content (AvgIpc) is 2.82. The van der Waals surface area contributed by atoms with E-state index in [2.05, 4.69) is 15.3 Å². The number of carbonyl (C=O) groups excluding carboxylic acids is 2. The topological polar surface area (TPSA) is 99.6 Å². The summed E-state index contributed by atoms with van der Waals surface area (Å²) in [5, 5.41) is 3.41. The van der Waals surface area contributed by atoms with Crippen LogP contribution in [0.1, 0.15) is 19.2 Å². The lowest BCUT2D eigenvalue weighted by Gasteiger charge is -2.28. The van der Waals surface area contributed by atoms with Crippen LogP contribution in [-0.2, 0) is 16.1 Å². The van der Waals surface area contributed by atoms with Crippen molar-refractivity contribution in [2.45, 2.75) is 25.9 Å². The highest BCUT2D eigenvalue weighted by Crippen LogP contribution is 2.31. The average molecular weight is 406 g/mol. The standard InChI is InChI=1S/C22H23N5O3/c1-14-11-20(28)24-17-9-5-6-10-18(17)27(14)21(29)13-26(2)12-19-23-16-8-4-3-7-15(16)22(30)25-19/h3-10,14H,11-13H2,1-2H3,(H,24,28)(H,23,25,30)/p+1/t14-/m0/s1. The molecule has 2 amide bonds. The van der Waals surface area contributed by atoms with Gasteiger partial charge in [-0.2, -0.15) is 0 Å². The third-order valence-electron chi connectivity index (χ3n) is 5.21. The van der Waals surface area contributed by atoms with Crippen LogP contribution in [0.3, 0.4) is 0 Å². The number of nitrogens with one attached hydrogen (secondary N) is 3. The van der Waals surface area contributed by atoms with Gasteiger partial charge in [0.15, 0.2) is 12.4 Å². The molecule has 0 bridgehead atoms. The van der Waals surface area contributed by atoms with Crippen LogP contribution in [0.5, 0.6) is 0 Å². The van der Waals surface area contributed by atoms with E-state index >= 15 is 0 Å². The minimum absolute atomic E-state index is 0.0907. The third kappa shape index (κ3) is 3.95. The minimum Gasteiger partial charge on any atom is -0.324 e. The van der Waals surface area contributed by atoms with E-state index < -0.39 is 0 Å². The number of rotatable bonds is 4. The van der Waals surface area contributed by atoms with Crippen LogP contribution in [0, 0.1) is 0 Å². The summed E-state index contributed by atoms with van der Waals surface area (Å²) in [5.74, 6) is 0.334. The smallest absolute Gasteiger partial charge is 0.282 e. The Hall–Kier alpha value is -3.52. The fraction of sp³-hybridized carbons (Fsp3) is 0.273. The van der Waals surface area contributed by atoms with Gasteiger partial charge in [0.1, 0.15) is 6.54 Å². The van der Waals surface area contributed by atoms with Crippen LogP contribution in [-0.4, -0.2) is 41.4 Å². The number of quaternary nitrogens is 1. The SMILES string of the molecule is C[C@H]1CC(=O)Nc2ccccc2N1C(=O)C[NH+](C)Cc1nc2ccccc2c(=O)[nH]1. The van der Waals surface area contributed by atoms with E-state index in [0.717, 1.165) is 4.90 Å². The van der Waals surface area contributed by atoms with Crippen LogP contribution < -0.4 is 20.7 Å². The number of amides is 2. The number of benzene rings is 2. The van der Waals surface area contributed by atoms with Crippen molar-refractivity contribution in [3.63, 3.8) is 0 Å². The molecule has 0 aliphatic carbocycles. The molecule has 0 fully saturated rings. The summed E-state index contributed by atoms with van der Waals surface area (Å²) in [7, 11) is 1.88. The van der Waals surface area contributed by atoms with E-state index in [1.54, 1.807) is 29.2 Å². The number of aromatic nitrogens is 2. The monoisotopic (exact) mass is 406 g/mol. The first-order valence-electron chi connectivity index (χ1n) is 9.92. The van der Waals surface area contributed by atoms with Crippen LogP contribution in [0.25, 0.3) is 10.9 Å². The molecule has 1 aliphatic heterocycles. The van der Waals surface area contributed by atoms with Gasteiger partial charge in [0.2, 0.25) is 5.91 Å². The van der Waals surface area contributed by atoms with Gasteiger partial charge in [-0.15, -0.1) is 0 Å². The maximum Gasteiger partial charge on any atom is 0.282 e. The van der Waals surface area contributed by atoms with Gasteiger partial charge < -0.3 is 20.1 Å². The van der Waals surface area contributed by atoms with Gasteiger partial charge in [0, 0.05) is 12.5 Å². The molecule has 2 heterocycles. The molecule has 1 unspecified atom stereocenters. The minimum atomic E-state index is -0.257. The number of hydrogen-bond donors (Lipinski definition) is 3. The zero-order chi connectivity index (χ0) is 21.3. The first kappa shape index (κ1) is 19.8. The molecular formula is C22H24N5O3+. The Kier molecular flexibility index (Phi) is 5.33. The van der Waals surface area contributed by atoms with E-state index in [1.807, 2.05) is 38.2 Å². The summed E-state index contributed by atoms with van der Waals surface area (Å²) in [4.78, 5) is 47.5. The highest BCUT2D eigenvalue weighted by Gasteiger charge is 2.31. The summed E-state index contributed by atoms with van der Waals surface area (Å²) in [5.41, 5.74) is 1.79. The molecule has 30 heavy (non-hydrogen) atoms. The Morgan fingerprint density at radius 2 is 1.90 bits per heavy atom. The predicted molar refractivity (Wildman–Crippen MR) is 114 cm³/mol. The van der Waals surface area contributed by atoms with Crippen molar-refractivity contribution in [2.24, 2.45) is 0 Å². The summed E-state index contributed by atoms with van der Waals surface area (Å²) in [6.07, 6.45) is 0.235. The van der Waals surface area contributed by atoms with Crippen molar-refractivity contribution in [3.8, 4) is 0 Å². The van der Waals surface area contributed by atoms with Gasteiger partial charge >= 0.3 is 0 Å². The van der Waals surface area contributed by atoms with Crippen LogP contribution in [0.15, 0.2) is 53.3 Å². The maximum absolute atomic E-state index is 13.2. The number of aromatic amines is 1. The molecule has 8 nitrogen and oxygen atoms in total. The Labute approximate surface area is 173 Å². The second-order valence-electron chi connectivity index (χ2n) is 7.72. The number of likely N-dealkylation sites (N-methyl/N-ethyl adjacent to an activating group) is 1. The lowest BCUT2D eigenvalue weighted by Crippen LogP contribution is -3.09. The van der Waals surface area contributed by atoms with E-state index in [4.69, 9.17) is 0 Å². The molecule has 3 N–H and O–H groups in total. The molecule has 1 aliphatic rings. The first-order chi connectivity index (χ1) is 14.4. The first-order valence-corrected chi connectivity index (χ1v) is 9.92. The van der Waals surface area contributed by atoms with Crippen molar-refractivity contribution in [1.29, 1.82) is 0 Å². The van der Waals surface area contributed by atoms with Crippen LogP contribution in [0.4, 0.5) is 11.4 Å². The summed E-state index contributed by atoms with van der Waals surface area (Å²) >= 11 is 0. The predicted octanol–water partition coefficient (Wildman–Crippen LogP) is 0.702. The molecule has 8 heteroatoms. The summed E-state index contributed by atoms with van der Waals surface area (Å²) in [6.45, 7) is 2.47. The maximum atomic E-state index is 13.2. The second-order valence-corrected chi connectivity index (χ2v) is 7.72. The summed E-state index contributed by atoms with van der Waals surface area (Å²) < 4.78 is 0. The van der Waals surface area contributed by atoms with E-state index in [0.29, 0.717) is 34.6 Å². The largest absolute Gasteiger partial charge is 0.324 e. The highest BCUT2D eigenvalue weighted by atomic mass is 16.2. The Bertz CT molecular complexity index is 1170. The number of hydrogen-bond acceptors (Lipinski definition) is 4. The molecule has 2 aromatic carbocycles. The van der Waals surface area contributed by atoms with Gasteiger partial charge in [-0.05, 0) is 31.2 Å². The molecule has 0 saturated heterocycles. The quantitative estimate of drug-likeness (QED) is 0.594. The molecular weight excluding hydrogens is 382 g/mol. The third-order valence-corrected chi connectivity index (χ3v) is 5.21. The Morgan fingerprint density at radius 3 is 2.73 bits per heavy atom. The molecule has 154 valence electrons. The Balaban J connectivity index is 1.53. The van der Waals surface area contributed by atoms with Gasteiger partial charge in [-0.1, -0.05) is 24.3 Å². The second kappa shape index (κ2) is 8.08. The van der Waals surface area contributed by atoms with Crippen molar-refractivity contribution in [1.82, 2.24) is 9.97 Å². The van der Waals surface area contributed by atoms with Gasteiger partial charge in [-0.3, -0.25) is 14.4 Å². The van der Waals surface area contributed by atoms with E-state index in [-0.39, 0.29) is 36.4 Å². The zero-order valence-corrected chi connectivity index (χ0v) is 16.9. The van der Waals surface area contributed by atoms with E-state index in [9.17, 15) is 14.4 Å². The zero-order valence-electron chi connectivity index (χ0n) is 16.9. The molecule has 0 saturated carbocycles. The lowest BCUT2D eigenvalue weighted by molar-refractivity contribution is -0.886. The number of nitrogens with zero attached hydrogens (tertiary/aromatic N) is 2. The molecule has 2 atom stereocenters. The number of anilines is 2. The number of H-pyrrole nitrogens is 1. The van der Waals surface area contributed by atoms with Crippen molar-refractivity contribution in [2.75, 3.05) is 23.8 Å². The van der Waals surface area contributed by atoms with Gasteiger partial charge in [0.25, 0.3) is 11.5 Å². The lowest BCUT2D eigenvalue weighted by atomic mass is 10.1. The normalized spacial score (nSPS) is 17.2. The fourth-order valence-corrected chi connectivity index (χ4v) is 3.88. The number of carbonyl (C=O) groups is 2. The molecule has 0 radical (unpaired) electrons. The molecule has 1 aromatic heterocycles. The van der Waals surface area contributed by atoms with Crippen molar-refractivity contribution >= 4 is 34.1 Å². The van der Waals surface area contributed by atoms with Gasteiger partial charge in [0.05, 0.1) is 29.3 Å². The van der Waals surface area contributed by atoms with Crippen LogP contribution in [0.2, 0.25) is 0 Å². The summed E-state index contributed by atoms with van der Waals surface area (Å²) in [6, 6.07) is 14.2. The van der Waals surface area contributed by atoms with Crippen molar-refractivity contribution < 1.29 is 14.5 Å². The Morgan fingerprint density at radius 1 is 1.17 bits per heavy atom. The molecule has 0 spiro atoms. The van der Waals surface area contributed by atoms with Gasteiger partial charge in [-0.25, -0.2) is 4.98 Å².